The van der Waals surface area contributed by atoms with E-state index in [-0.39, 0.29) is 21.8 Å². The van der Waals surface area contributed by atoms with Crippen molar-refractivity contribution in [3.8, 4) is 0 Å². The molecule has 7 nitrogen and oxygen atoms in total. The Morgan fingerprint density at radius 2 is 1.84 bits per heavy atom. The van der Waals surface area contributed by atoms with Crippen LogP contribution in [0.15, 0.2) is 29.2 Å². The first kappa shape index (κ1) is 23.4. The van der Waals surface area contributed by atoms with Gasteiger partial charge in [0.2, 0.25) is 0 Å². The Bertz CT molecular complexity index is 1150. The van der Waals surface area contributed by atoms with Gasteiger partial charge in [-0.1, -0.05) is 19.1 Å². The fourth-order valence-corrected chi connectivity index (χ4v) is 6.54. The molecule has 9 heteroatoms. The van der Waals surface area contributed by atoms with Gasteiger partial charge in [-0.25, -0.2) is 13.2 Å². The molecule has 1 aliphatic rings. The fraction of sp³-hybridized carbons (Fsp3) is 0.455. The van der Waals surface area contributed by atoms with Gasteiger partial charge in [-0.2, -0.15) is 0 Å². The van der Waals surface area contributed by atoms with Crippen molar-refractivity contribution in [1.29, 1.82) is 0 Å². The van der Waals surface area contributed by atoms with E-state index in [1.807, 2.05) is 13.8 Å². The predicted octanol–water partition coefficient (Wildman–Crippen LogP) is 3.74. The zero-order valence-corrected chi connectivity index (χ0v) is 20.2. The normalized spacial score (nSPS) is 17.0. The van der Waals surface area contributed by atoms with Crippen LogP contribution < -0.4 is 10.6 Å². The topological polar surface area (TPSA) is 102 Å². The third kappa shape index (κ3) is 4.40. The molecular weight excluding hydrogens is 436 g/mol. The lowest BCUT2D eigenvalue weighted by Gasteiger charge is -2.42. The van der Waals surface area contributed by atoms with Crippen LogP contribution in [0.5, 0.6) is 0 Å². The molecule has 0 spiro atoms. The number of thiophene rings is 1. The van der Waals surface area contributed by atoms with Crippen LogP contribution in [-0.4, -0.2) is 38.7 Å². The fourth-order valence-electron chi connectivity index (χ4n) is 4.18. The summed E-state index contributed by atoms with van der Waals surface area (Å²) in [7, 11) is -2.29. The number of sulfone groups is 1. The van der Waals surface area contributed by atoms with Crippen LogP contribution in [0.4, 0.5) is 5.00 Å². The Hall–Kier alpha value is -2.23. The molecule has 0 saturated carbocycles. The smallest absolute Gasteiger partial charge is 0.341 e. The molecule has 1 aromatic carbocycles. The van der Waals surface area contributed by atoms with Crippen molar-refractivity contribution in [3.05, 3.63) is 45.8 Å². The zero-order valence-electron chi connectivity index (χ0n) is 18.6. The summed E-state index contributed by atoms with van der Waals surface area (Å²) < 4.78 is 29.9. The van der Waals surface area contributed by atoms with E-state index in [9.17, 15) is 18.0 Å². The molecule has 31 heavy (non-hydrogen) atoms. The van der Waals surface area contributed by atoms with Gasteiger partial charge in [-0.15, -0.1) is 11.3 Å². The van der Waals surface area contributed by atoms with Gasteiger partial charge in [0.25, 0.3) is 5.91 Å². The molecule has 3 rings (SSSR count). The van der Waals surface area contributed by atoms with E-state index in [0.29, 0.717) is 17.0 Å². The van der Waals surface area contributed by atoms with E-state index < -0.39 is 27.3 Å². The van der Waals surface area contributed by atoms with Crippen LogP contribution in [0, 0.1) is 0 Å². The number of esters is 1. The number of ether oxygens (including phenoxy) is 1. The van der Waals surface area contributed by atoms with E-state index in [4.69, 9.17) is 4.74 Å². The molecule has 0 radical (unpaired) electrons. The minimum atomic E-state index is -3.59. The van der Waals surface area contributed by atoms with Gasteiger partial charge in [0.05, 0.1) is 28.9 Å². The summed E-state index contributed by atoms with van der Waals surface area (Å²) in [6.07, 6.45) is 0.587. The maximum Gasteiger partial charge on any atom is 0.341 e. The number of carbonyl (C=O) groups is 2. The van der Waals surface area contributed by atoms with Gasteiger partial charge < -0.3 is 15.4 Å². The molecule has 2 heterocycles. The highest BCUT2D eigenvalue weighted by Gasteiger charge is 2.42. The highest BCUT2D eigenvalue weighted by atomic mass is 32.2. The van der Waals surface area contributed by atoms with Crippen LogP contribution >= 0.6 is 11.3 Å². The number of nitrogens with one attached hydrogen (secondary N) is 2. The van der Waals surface area contributed by atoms with Gasteiger partial charge in [-0.05, 0) is 51.8 Å². The van der Waals surface area contributed by atoms with Gasteiger partial charge in [0.15, 0.2) is 9.84 Å². The van der Waals surface area contributed by atoms with E-state index >= 15 is 0 Å². The molecule has 0 bridgehead atoms. The Morgan fingerprint density at radius 3 is 2.45 bits per heavy atom. The second-order valence-electron chi connectivity index (χ2n) is 8.77. The number of carbonyl (C=O) groups excluding carboxylic acids is 2. The lowest BCUT2D eigenvalue weighted by atomic mass is 9.81. The third-order valence-electron chi connectivity index (χ3n) is 5.31. The van der Waals surface area contributed by atoms with Crippen molar-refractivity contribution in [3.63, 3.8) is 0 Å². The van der Waals surface area contributed by atoms with Gasteiger partial charge in [-0.3, -0.25) is 4.79 Å². The molecule has 2 N–H and O–H groups in total. The average molecular weight is 465 g/mol. The monoisotopic (exact) mass is 464 g/mol. The Labute approximate surface area is 187 Å². The van der Waals surface area contributed by atoms with Crippen LogP contribution in [0.2, 0.25) is 0 Å². The maximum atomic E-state index is 13.1. The number of fused-ring (bicyclic) bond motifs is 1. The van der Waals surface area contributed by atoms with Crippen LogP contribution in [0.1, 0.15) is 65.8 Å². The summed E-state index contributed by atoms with van der Waals surface area (Å²) in [6.45, 7) is 9.70. The third-order valence-corrected chi connectivity index (χ3v) is 8.57. The van der Waals surface area contributed by atoms with E-state index in [1.165, 1.54) is 37.5 Å². The largest absolute Gasteiger partial charge is 0.465 e. The summed E-state index contributed by atoms with van der Waals surface area (Å²) in [6, 6.07) is 6.08. The Morgan fingerprint density at radius 1 is 1.19 bits per heavy atom. The van der Waals surface area contributed by atoms with Crippen molar-refractivity contribution >= 4 is 38.1 Å². The standard InChI is InChI=1S/C22H28N2O5S2/c1-7-31(27,28)15-11-9-8-10-13(15)18(25)23-19-16(20(26)29-6)14-12-21(2,3)24-22(4,5)17(14)30-19/h8-11,24H,7,12H2,1-6H3,(H,23,25). The summed E-state index contributed by atoms with van der Waals surface area (Å²) in [5, 5.41) is 6.72. The maximum absolute atomic E-state index is 13.1. The molecule has 0 saturated heterocycles. The molecule has 1 amide bonds. The van der Waals surface area contributed by atoms with Gasteiger partial charge >= 0.3 is 5.97 Å². The zero-order chi connectivity index (χ0) is 23.2. The first-order chi connectivity index (χ1) is 14.3. The molecule has 0 aliphatic carbocycles. The van der Waals surface area contributed by atoms with Crippen LogP contribution in [0.25, 0.3) is 0 Å². The summed E-state index contributed by atoms with van der Waals surface area (Å²) in [5.41, 5.74) is 0.536. The molecule has 1 aliphatic heterocycles. The average Bonchev–Trinajstić information content (AvgIpc) is 3.04. The second-order valence-corrected chi connectivity index (χ2v) is 12.0. The highest BCUT2D eigenvalue weighted by molar-refractivity contribution is 7.91. The van der Waals surface area contributed by atoms with Crippen LogP contribution in [-0.2, 0) is 26.5 Å². The number of anilines is 1. The van der Waals surface area contributed by atoms with Crippen molar-refractivity contribution in [1.82, 2.24) is 5.32 Å². The molecular formula is C22H28N2O5S2. The van der Waals surface area contributed by atoms with Gasteiger partial charge in [0.1, 0.15) is 5.00 Å². The molecule has 0 atom stereocenters. The van der Waals surface area contributed by atoms with Crippen molar-refractivity contribution in [2.24, 2.45) is 0 Å². The van der Waals surface area contributed by atoms with Crippen molar-refractivity contribution in [2.75, 3.05) is 18.2 Å². The number of hydrogen-bond acceptors (Lipinski definition) is 7. The Kier molecular flexibility index (Phi) is 6.07. The predicted molar refractivity (Wildman–Crippen MR) is 122 cm³/mol. The minimum absolute atomic E-state index is 0.0286. The molecule has 0 fully saturated rings. The molecule has 2 aromatic rings. The molecule has 1 aromatic heterocycles. The quantitative estimate of drug-likeness (QED) is 0.654. The summed E-state index contributed by atoms with van der Waals surface area (Å²) in [4.78, 5) is 26.7. The first-order valence-electron chi connectivity index (χ1n) is 10.00. The molecule has 168 valence electrons. The van der Waals surface area contributed by atoms with E-state index in [1.54, 1.807) is 12.1 Å². The van der Waals surface area contributed by atoms with Crippen molar-refractivity contribution < 1.29 is 22.7 Å². The molecule has 0 unspecified atom stereocenters. The number of benzene rings is 1. The van der Waals surface area contributed by atoms with Crippen molar-refractivity contribution in [2.45, 2.75) is 57.0 Å². The SMILES string of the molecule is CCS(=O)(=O)c1ccccc1C(=O)Nc1sc2c(c1C(=O)OC)CC(C)(C)NC2(C)C. The van der Waals surface area contributed by atoms with Gasteiger partial charge in [0, 0.05) is 16.0 Å². The lowest BCUT2D eigenvalue weighted by Crippen LogP contribution is -2.55. The summed E-state index contributed by atoms with van der Waals surface area (Å²) in [5.74, 6) is -1.23. The number of methoxy groups -OCH3 is 1. The number of amides is 1. The summed E-state index contributed by atoms with van der Waals surface area (Å²) >= 11 is 1.31. The minimum Gasteiger partial charge on any atom is -0.465 e. The van der Waals surface area contributed by atoms with E-state index in [0.717, 1.165) is 10.4 Å². The highest BCUT2D eigenvalue weighted by Crippen LogP contribution is 2.45. The Balaban J connectivity index is 2.11. The van der Waals surface area contributed by atoms with Crippen LogP contribution in [0.3, 0.4) is 0 Å². The lowest BCUT2D eigenvalue weighted by molar-refractivity contribution is 0.0600. The number of rotatable bonds is 5. The van der Waals surface area contributed by atoms with E-state index in [2.05, 4.69) is 24.5 Å². The number of hydrogen-bond donors (Lipinski definition) is 2. The second kappa shape index (κ2) is 8.03. The first-order valence-corrected chi connectivity index (χ1v) is 12.5.